The minimum atomic E-state index is -0.247. The quantitative estimate of drug-likeness (QED) is 0.372. The number of carbonyl (C=O) groups excluding carboxylic acids is 1. The Bertz CT molecular complexity index is 1300. The molecule has 1 aliphatic heterocycles. The highest BCUT2D eigenvalue weighted by Gasteiger charge is 2.26. The van der Waals surface area contributed by atoms with Crippen molar-refractivity contribution < 1.29 is 13.9 Å². The first-order chi connectivity index (χ1) is 16.6. The summed E-state index contributed by atoms with van der Waals surface area (Å²) in [5.41, 5.74) is 2.44. The highest BCUT2D eigenvalue weighted by atomic mass is 32.1. The minimum Gasteiger partial charge on any atom is -0.493 e. The number of fused-ring (bicyclic) bond motifs is 1. The van der Waals surface area contributed by atoms with Gasteiger partial charge in [-0.15, -0.1) is 11.3 Å². The Kier molecular flexibility index (Phi) is 6.56. The molecule has 0 unspecified atom stereocenters. The van der Waals surface area contributed by atoms with Crippen LogP contribution in [0.15, 0.2) is 66.0 Å². The molecule has 0 bridgehead atoms. The summed E-state index contributed by atoms with van der Waals surface area (Å²) in [7, 11) is 0. The zero-order valence-electron chi connectivity index (χ0n) is 19.0. The highest BCUT2D eigenvalue weighted by Crippen LogP contribution is 2.30. The number of aromatic nitrogens is 1. The van der Waals surface area contributed by atoms with Crippen molar-refractivity contribution in [3.8, 4) is 17.0 Å². The molecule has 0 saturated carbocycles. The third-order valence-corrected chi connectivity index (χ3v) is 6.95. The van der Waals surface area contributed by atoms with E-state index in [4.69, 9.17) is 9.72 Å². The van der Waals surface area contributed by atoms with Crippen molar-refractivity contribution in [3.63, 3.8) is 0 Å². The van der Waals surface area contributed by atoms with Crippen molar-refractivity contribution in [2.45, 2.75) is 13.5 Å². The van der Waals surface area contributed by atoms with Crippen LogP contribution in [0.3, 0.4) is 0 Å². The second-order valence-corrected chi connectivity index (χ2v) is 9.24. The molecule has 1 amide bonds. The van der Waals surface area contributed by atoms with Crippen molar-refractivity contribution in [2.24, 2.45) is 0 Å². The fourth-order valence-corrected chi connectivity index (χ4v) is 5.19. The molecular weight excluding hydrogens is 449 g/mol. The predicted octanol–water partition coefficient (Wildman–Crippen LogP) is 5.46. The Labute approximate surface area is 202 Å². The van der Waals surface area contributed by atoms with Gasteiger partial charge < -0.3 is 9.64 Å². The number of amides is 1. The van der Waals surface area contributed by atoms with E-state index >= 15 is 0 Å². The van der Waals surface area contributed by atoms with Gasteiger partial charge in [-0.3, -0.25) is 9.69 Å². The molecule has 5 nitrogen and oxygen atoms in total. The number of hydrogen-bond donors (Lipinski definition) is 0. The number of benzene rings is 3. The van der Waals surface area contributed by atoms with Crippen LogP contribution in [0.25, 0.3) is 22.0 Å². The molecule has 1 aromatic heterocycles. The molecule has 5 rings (SSSR count). The number of piperazine rings is 1. The van der Waals surface area contributed by atoms with Crippen LogP contribution in [0.1, 0.15) is 22.3 Å². The van der Waals surface area contributed by atoms with Gasteiger partial charge in [-0.2, -0.15) is 0 Å². The summed E-state index contributed by atoms with van der Waals surface area (Å²) in [5.74, 6) is 0.418. The van der Waals surface area contributed by atoms with E-state index in [0.717, 1.165) is 46.7 Å². The Morgan fingerprint density at radius 1 is 1.03 bits per heavy atom. The first-order valence-corrected chi connectivity index (χ1v) is 12.4. The van der Waals surface area contributed by atoms with Crippen molar-refractivity contribution in [2.75, 3.05) is 32.8 Å². The summed E-state index contributed by atoms with van der Waals surface area (Å²) in [6, 6.07) is 18.3. The maximum Gasteiger partial charge on any atom is 0.258 e. The minimum absolute atomic E-state index is 0.0211. The van der Waals surface area contributed by atoms with E-state index in [1.54, 1.807) is 23.5 Å². The molecule has 0 atom stereocenters. The molecule has 0 aliphatic carbocycles. The van der Waals surface area contributed by atoms with Crippen LogP contribution in [-0.2, 0) is 6.54 Å². The fraction of sp³-hybridized carbons (Fsp3) is 0.259. The Morgan fingerprint density at radius 2 is 1.79 bits per heavy atom. The smallest absolute Gasteiger partial charge is 0.258 e. The second kappa shape index (κ2) is 9.91. The number of halogens is 1. The molecule has 1 fully saturated rings. The topological polar surface area (TPSA) is 45.7 Å². The van der Waals surface area contributed by atoms with Gasteiger partial charge in [0.2, 0.25) is 0 Å². The Balaban J connectivity index is 1.26. The zero-order chi connectivity index (χ0) is 23.5. The largest absolute Gasteiger partial charge is 0.493 e. The third-order valence-electron chi connectivity index (χ3n) is 6.11. The lowest BCUT2D eigenvalue weighted by atomic mass is 10.0. The second-order valence-electron chi connectivity index (χ2n) is 8.29. The van der Waals surface area contributed by atoms with Gasteiger partial charge in [-0.25, -0.2) is 9.37 Å². The molecule has 0 N–H and O–H groups in total. The van der Waals surface area contributed by atoms with Gasteiger partial charge in [0.05, 0.1) is 24.4 Å². The van der Waals surface area contributed by atoms with Crippen LogP contribution < -0.4 is 4.74 Å². The number of carbonyl (C=O) groups is 1. The van der Waals surface area contributed by atoms with Gasteiger partial charge in [0.25, 0.3) is 5.91 Å². The van der Waals surface area contributed by atoms with E-state index in [9.17, 15) is 9.18 Å². The monoisotopic (exact) mass is 475 g/mol. The van der Waals surface area contributed by atoms with Gasteiger partial charge in [-0.05, 0) is 48.0 Å². The van der Waals surface area contributed by atoms with Crippen molar-refractivity contribution >= 4 is 28.0 Å². The summed E-state index contributed by atoms with van der Waals surface area (Å²) in [5, 5.41) is 5.00. The highest BCUT2D eigenvalue weighted by molar-refractivity contribution is 7.09. The fourth-order valence-electron chi connectivity index (χ4n) is 4.34. The molecule has 174 valence electrons. The number of nitrogens with zero attached hydrogens (tertiary/aromatic N) is 3. The number of thiazole rings is 1. The molecule has 34 heavy (non-hydrogen) atoms. The van der Waals surface area contributed by atoms with E-state index in [0.29, 0.717) is 31.0 Å². The standard InChI is InChI=1S/C27H26FN3O2S/c1-2-33-24-12-9-19-5-3-4-6-22(19)26(24)27(32)31-15-13-30(14-16-31)17-25-29-23(18-34-25)20-7-10-21(28)11-8-20/h3-12,18H,2,13-17H2,1H3. The van der Waals surface area contributed by atoms with Gasteiger partial charge in [0, 0.05) is 37.1 Å². The first kappa shape index (κ1) is 22.5. The molecule has 1 aliphatic rings. The van der Waals surface area contributed by atoms with Crippen molar-refractivity contribution in [1.29, 1.82) is 0 Å². The summed E-state index contributed by atoms with van der Waals surface area (Å²) in [6.07, 6.45) is 0. The molecule has 0 radical (unpaired) electrons. The molecular formula is C27H26FN3O2S. The predicted molar refractivity (Wildman–Crippen MR) is 134 cm³/mol. The van der Waals surface area contributed by atoms with Gasteiger partial charge in [0.15, 0.2) is 0 Å². The average Bonchev–Trinajstić information content (AvgIpc) is 3.33. The Morgan fingerprint density at radius 3 is 2.56 bits per heavy atom. The maximum absolute atomic E-state index is 13.5. The van der Waals surface area contributed by atoms with Crippen molar-refractivity contribution in [3.05, 3.63) is 82.4 Å². The lowest BCUT2D eigenvalue weighted by Gasteiger charge is -2.34. The van der Waals surface area contributed by atoms with Crippen LogP contribution in [0.4, 0.5) is 4.39 Å². The van der Waals surface area contributed by atoms with Gasteiger partial charge in [-0.1, -0.05) is 30.3 Å². The molecule has 3 aromatic carbocycles. The van der Waals surface area contributed by atoms with E-state index < -0.39 is 0 Å². The molecule has 1 saturated heterocycles. The lowest BCUT2D eigenvalue weighted by molar-refractivity contribution is 0.0626. The van der Waals surface area contributed by atoms with E-state index in [2.05, 4.69) is 4.90 Å². The maximum atomic E-state index is 13.5. The number of ether oxygens (including phenoxy) is 1. The summed E-state index contributed by atoms with van der Waals surface area (Å²) in [6.45, 7) is 6.07. The van der Waals surface area contributed by atoms with E-state index in [1.807, 2.05) is 53.6 Å². The van der Waals surface area contributed by atoms with E-state index in [1.165, 1.54) is 12.1 Å². The molecule has 0 spiro atoms. The molecule has 2 heterocycles. The first-order valence-electron chi connectivity index (χ1n) is 11.5. The zero-order valence-corrected chi connectivity index (χ0v) is 19.9. The van der Waals surface area contributed by atoms with Gasteiger partial charge in [0.1, 0.15) is 16.6 Å². The van der Waals surface area contributed by atoms with Crippen LogP contribution in [0, 0.1) is 5.82 Å². The SMILES string of the molecule is CCOc1ccc2ccccc2c1C(=O)N1CCN(Cc2nc(-c3ccc(F)cc3)cs2)CC1. The van der Waals surface area contributed by atoms with Crippen LogP contribution in [0.5, 0.6) is 5.75 Å². The van der Waals surface area contributed by atoms with Gasteiger partial charge >= 0.3 is 0 Å². The lowest BCUT2D eigenvalue weighted by Crippen LogP contribution is -2.48. The van der Waals surface area contributed by atoms with Crippen LogP contribution in [0.2, 0.25) is 0 Å². The van der Waals surface area contributed by atoms with Crippen molar-refractivity contribution in [1.82, 2.24) is 14.8 Å². The van der Waals surface area contributed by atoms with Crippen LogP contribution >= 0.6 is 11.3 Å². The number of rotatable bonds is 6. The number of hydrogen-bond acceptors (Lipinski definition) is 5. The molecule has 7 heteroatoms. The van der Waals surface area contributed by atoms with Crippen LogP contribution in [-0.4, -0.2) is 53.5 Å². The average molecular weight is 476 g/mol. The van der Waals surface area contributed by atoms with E-state index in [-0.39, 0.29) is 11.7 Å². The third kappa shape index (κ3) is 4.67. The normalized spacial score (nSPS) is 14.5. The Hall–Kier alpha value is -3.29. The summed E-state index contributed by atoms with van der Waals surface area (Å²) in [4.78, 5) is 22.5. The summed E-state index contributed by atoms with van der Waals surface area (Å²) >= 11 is 1.61. The molecule has 4 aromatic rings. The summed E-state index contributed by atoms with van der Waals surface area (Å²) < 4.78 is 19.0.